The quantitative estimate of drug-likeness (QED) is 0.613. The topological polar surface area (TPSA) is 21.3 Å². The van der Waals surface area contributed by atoms with Crippen LogP contribution in [-0.4, -0.2) is 37.3 Å². The third kappa shape index (κ3) is 3.33. The Labute approximate surface area is 79.4 Å². The molecule has 1 rings (SSSR count). The van der Waals surface area contributed by atoms with Crippen molar-refractivity contribution in [2.45, 2.75) is 24.5 Å². The lowest BCUT2D eigenvalue weighted by atomic mass is 10.4. The van der Waals surface area contributed by atoms with Crippen molar-refractivity contribution in [2.24, 2.45) is 0 Å². The van der Waals surface area contributed by atoms with Crippen LogP contribution >= 0.6 is 11.8 Å². The van der Waals surface area contributed by atoms with Gasteiger partial charge in [0.15, 0.2) is 0 Å². The first kappa shape index (κ1) is 10.4. The van der Waals surface area contributed by atoms with Gasteiger partial charge in [0.05, 0.1) is 6.61 Å². The molecule has 0 unspecified atom stereocenters. The Bertz CT molecular complexity index is 126. The summed E-state index contributed by atoms with van der Waals surface area (Å²) in [5, 5.41) is 3.43. The van der Waals surface area contributed by atoms with Gasteiger partial charge < -0.3 is 10.1 Å². The van der Waals surface area contributed by atoms with E-state index in [4.69, 9.17) is 4.74 Å². The van der Waals surface area contributed by atoms with E-state index in [-0.39, 0.29) is 0 Å². The van der Waals surface area contributed by atoms with Crippen molar-refractivity contribution >= 4 is 11.8 Å². The lowest BCUT2D eigenvalue weighted by Crippen LogP contribution is -2.28. The van der Waals surface area contributed by atoms with E-state index >= 15 is 0 Å². The number of nitrogens with one attached hydrogen (secondary N) is 1. The van der Waals surface area contributed by atoms with Crippen molar-refractivity contribution < 1.29 is 4.74 Å². The van der Waals surface area contributed by atoms with Gasteiger partial charge in [-0.3, -0.25) is 0 Å². The summed E-state index contributed by atoms with van der Waals surface area (Å²) in [7, 11) is 0. The van der Waals surface area contributed by atoms with Gasteiger partial charge in [-0.1, -0.05) is 0 Å². The van der Waals surface area contributed by atoms with Crippen LogP contribution in [0.25, 0.3) is 0 Å². The van der Waals surface area contributed by atoms with Crippen LogP contribution in [0, 0.1) is 0 Å². The van der Waals surface area contributed by atoms with Gasteiger partial charge in [-0.2, -0.15) is 11.8 Å². The second kappa shape index (κ2) is 5.10. The van der Waals surface area contributed by atoms with Crippen LogP contribution in [0.5, 0.6) is 0 Å². The summed E-state index contributed by atoms with van der Waals surface area (Å²) in [6, 6.07) is 0. The Morgan fingerprint density at radius 2 is 2.25 bits per heavy atom. The van der Waals surface area contributed by atoms with Crippen LogP contribution in [-0.2, 0) is 4.74 Å². The molecule has 0 bridgehead atoms. The summed E-state index contributed by atoms with van der Waals surface area (Å²) in [6.07, 6.45) is 4.98. The highest BCUT2D eigenvalue weighted by atomic mass is 32.2. The standard InChI is InChI=1S/C9H19NOS/c1-3-11-7-6-10-8-9(12-2)4-5-9/h10H,3-8H2,1-2H3. The average molecular weight is 189 g/mol. The Hall–Kier alpha value is 0.270. The molecule has 0 atom stereocenters. The molecule has 0 aromatic carbocycles. The summed E-state index contributed by atoms with van der Waals surface area (Å²) < 4.78 is 5.82. The van der Waals surface area contributed by atoms with Crippen molar-refractivity contribution in [3.05, 3.63) is 0 Å². The van der Waals surface area contributed by atoms with E-state index in [1.807, 2.05) is 18.7 Å². The Morgan fingerprint density at radius 3 is 2.75 bits per heavy atom. The largest absolute Gasteiger partial charge is 0.380 e. The van der Waals surface area contributed by atoms with Crippen molar-refractivity contribution in [2.75, 3.05) is 32.6 Å². The number of hydrogen-bond acceptors (Lipinski definition) is 3. The van der Waals surface area contributed by atoms with E-state index in [9.17, 15) is 0 Å². The van der Waals surface area contributed by atoms with Gasteiger partial charge in [0.2, 0.25) is 0 Å². The molecule has 1 N–H and O–H groups in total. The van der Waals surface area contributed by atoms with Crippen LogP contribution in [0.15, 0.2) is 0 Å². The monoisotopic (exact) mass is 189 g/mol. The molecule has 1 aliphatic rings. The van der Waals surface area contributed by atoms with Crippen molar-refractivity contribution in [3.63, 3.8) is 0 Å². The molecular weight excluding hydrogens is 170 g/mol. The molecule has 3 heteroatoms. The van der Waals surface area contributed by atoms with Crippen LogP contribution in [0.4, 0.5) is 0 Å². The first-order valence-corrected chi connectivity index (χ1v) is 5.89. The van der Waals surface area contributed by atoms with Gasteiger partial charge in [0, 0.05) is 24.4 Å². The lowest BCUT2D eigenvalue weighted by molar-refractivity contribution is 0.149. The highest BCUT2D eigenvalue weighted by molar-refractivity contribution is 8.00. The molecule has 0 spiro atoms. The minimum Gasteiger partial charge on any atom is -0.380 e. The summed E-state index contributed by atoms with van der Waals surface area (Å²) in [5.74, 6) is 0. The van der Waals surface area contributed by atoms with E-state index < -0.39 is 0 Å². The number of ether oxygens (including phenoxy) is 1. The third-order valence-corrected chi connectivity index (χ3v) is 3.73. The number of hydrogen-bond donors (Lipinski definition) is 1. The molecule has 0 aromatic heterocycles. The summed E-state index contributed by atoms with van der Waals surface area (Å²) in [6.45, 7) is 5.86. The molecular formula is C9H19NOS. The average Bonchev–Trinajstić information content (AvgIpc) is 2.85. The molecule has 1 aliphatic carbocycles. The van der Waals surface area contributed by atoms with Crippen LogP contribution in [0.2, 0.25) is 0 Å². The second-order valence-electron chi connectivity index (χ2n) is 3.26. The Morgan fingerprint density at radius 1 is 1.50 bits per heavy atom. The lowest BCUT2D eigenvalue weighted by Gasteiger charge is -2.12. The summed E-state index contributed by atoms with van der Waals surface area (Å²) >= 11 is 2.00. The maximum atomic E-state index is 5.23. The zero-order valence-corrected chi connectivity index (χ0v) is 8.88. The molecule has 1 saturated carbocycles. The molecule has 12 heavy (non-hydrogen) atoms. The highest BCUT2D eigenvalue weighted by Crippen LogP contribution is 2.46. The fourth-order valence-corrected chi connectivity index (χ4v) is 1.95. The Balaban J connectivity index is 1.89. The summed E-state index contributed by atoms with van der Waals surface area (Å²) in [4.78, 5) is 0. The molecule has 72 valence electrons. The fraction of sp³-hybridized carbons (Fsp3) is 1.00. The number of rotatable bonds is 7. The van der Waals surface area contributed by atoms with Crippen molar-refractivity contribution in [1.29, 1.82) is 0 Å². The van der Waals surface area contributed by atoms with E-state index in [1.165, 1.54) is 12.8 Å². The molecule has 0 saturated heterocycles. The van der Waals surface area contributed by atoms with E-state index in [0.29, 0.717) is 4.75 Å². The third-order valence-electron chi connectivity index (χ3n) is 2.32. The summed E-state index contributed by atoms with van der Waals surface area (Å²) in [5.41, 5.74) is 0. The Kier molecular flexibility index (Phi) is 4.40. The van der Waals surface area contributed by atoms with E-state index in [0.717, 1.165) is 26.3 Å². The predicted octanol–water partition coefficient (Wildman–Crippen LogP) is 1.51. The smallest absolute Gasteiger partial charge is 0.0590 e. The van der Waals surface area contributed by atoms with Gasteiger partial charge >= 0.3 is 0 Å². The molecule has 0 aromatic rings. The van der Waals surface area contributed by atoms with E-state index in [2.05, 4.69) is 11.6 Å². The van der Waals surface area contributed by atoms with Crippen molar-refractivity contribution in [1.82, 2.24) is 5.32 Å². The molecule has 0 radical (unpaired) electrons. The normalized spacial score (nSPS) is 19.5. The van der Waals surface area contributed by atoms with Gasteiger partial charge in [-0.05, 0) is 26.0 Å². The van der Waals surface area contributed by atoms with Gasteiger partial charge in [-0.25, -0.2) is 0 Å². The predicted molar refractivity (Wildman–Crippen MR) is 54.8 cm³/mol. The zero-order chi connectivity index (χ0) is 8.86. The van der Waals surface area contributed by atoms with Crippen molar-refractivity contribution in [3.8, 4) is 0 Å². The SMILES string of the molecule is CCOCCNCC1(SC)CC1. The van der Waals surface area contributed by atoms with Gasteiger partial charge in [-0.15, -0.1) is 0 Å². The highest BCUT2D eigenvalue weighted by Gasteiger charge is 2.41. The minimum absolute atomic E-state index is 0.589. The molecule has 1 fully saturated rings. The second-order valence-corrected chi connectivity index (χ2v) is 4.54. The first-order valence-electron chi connectivity index (χ1n) is 4.66. The van der Waals surface area contributed by atoms with Gasteiger partial charge in [0.1, 0.15) is 0 Å². The van der Waals surface area contributed by atoms with Crippen LogP contribution in [0.3, 0.4) is 0 Å². The molecule has 0 aliphatic heterocycles. The minimum atomic E-state index is 0.589. The first-order chi connectivity index (χ1) is 5.83. The number of thioether (sulfide) groups is 1. The molecule has 2 nitrogen and oxygen atoms in total. The maximum Gasteiger partial charge on any atom is 0.0590 e. The zero-order valence-electron chi connectivity index (χ0n) is 8.06. The molecule has 0 amide bonds. The van der Waals surface area contributed by atoms with Crippen LogP contribution < -0.4 is 5.32 Å². The van der Waals surface area contributed by atoms with E-state index in [1.54, 1.807) is 0 Å². The molecule has 0 heterocycles. The van der Waals surface area contributed by atoms with Crippen LogP contribution in [0.1, 0.15) is 19.8 Å². The maximum absolute atomic E-state index is 5.23. The van der Waals surface area contributed by atoms with Gasteiger partial charge in [0.25, 0.3) is 0 Å². The fourth-order valence-electron chi connectivity index (χ4n) is 1.20.